The lowest BCUT2D eigenvalue weighted by Gasteiger charge is -2.10. The van der Waals surface area contributed by atoms with E-state index in [0.29, 0.717) is 32.9 Å². The summed E-state index contributed by atoms with van der Waals surface area (Å²) >= 11 is 15.4. The molecule has 1 aliphatic rings. The average molecular weight is 609 g/mol. The highest BCUT2D eigenvalue weighted by molar-refractivity contribution is 14.1. The van der Waals surface area contributed by atoms with E-state index in [4.69, 9.17) is 27.9 Å². The highest BCUT2D eigenvalue weighted by Gasteiger charge is 2.25. The third-order valence-corrected chi connectivity index (χ3v) is 6.87. The molecule has 9 heteroatoms. The number of halogens is 3. The van der Waals surface area contributed by atoms with Gasteiger partial charge in [-0.1, -0.05) is 53.5 Å². The van der Waals surface area contributed by atoms with E-state index in [1.54, 1.807) is 42.5 Å². The third-order valence-electron chi connectivity index (χ3n) is 4.53. The van der Waals surface area contributed by atoms with Crippen molar-refractivity contribution in [1.29, 1.82) is 0 Å². The normalized spacial score (nSPS) is 15.7. The molecule has 3 aromatic carbocycles. The summed E-state index contributed by atoms with van der Waals surface area (Å²) in [5.74, 6) is -0.00757. The van der Waals surface area contributed by atoms with Gasteiger partial charge in [0, 0.05) is 21.2 Å². The second kappa shape index (κ2) is 10.7. The van der Waals surface area contributed by atoms with Gasteiger partial charge in [-0.15, -0.1) is 0 Å². The molecular formula is C24H15Cl2IN2O3S. The molecule has 166 valence electrons. The van der Waals surface area contributed by atoms with E-state index in [1.165, 1.54) is 0 Å². The molecule has 0 aromatic heterocycles. The number of carbonyl (C=O) groups is 2. The van der Waals surface area contributed by atoms with Crippen LogP contribution in [0.2, 0.25) is 10.0 Å². The van der Waals surface area contributed by atoms with Crippen LogP contribution in [0, 0.1) is 3.57 Å². The molecule has 1 aliphatic heterocycles. The second-order valence-corrected chi connectivity index (χ2v) is 9.90. The van der Waals surface area contributed by atoms with Crippen LogP contribution < -0.4 is 10.1 Å². The van der Waals surface area contributed by atoms with Crippen molar-refractivity contribution in [3.05, 3.63) is 102 Å². The minimum atomic E-state index is -0.406. The standard InChI is InChI=1S/C24H15Cl2IN2O3S/c25-17-8-7-16(18(26)12-17)13-32-20-9-6-14(10-19(20)27)11-21-23(31)29-24(33-21)28-22(30)15-4-2-1-3-5-15/h1-12H,13H2,(H,28,29,30,31)/b21-11-. The maximum absolute atomic E-state index is 12.3. The number of carbonyl (C=O) groups excluding carboxylic acids is 2. The van der Waals surface area contributed by atoms with Crippen LogP contribution in [0.25, 0.3) is 6.08 Å². The number of thioether (sulfide) groups is 1. The molecule has 5 nitrogen and oxygen atoms in total. The van der Waals surface area contributed by atoms with Gasteiger partial charge in [-0.25, -0.2) is 0 Å². The van der Waals surface area contributed by atoms with Crippen molar-refractivity contribution >= 4 is 80.6 Å². The summed E-state index contributed by atoms with van der Waals surface area (Å²) in [7, 11) is 0. The summed E-state index contributed by atoms with van der Waals surface area (Å²) in [4.78, 5) is 29.1. The fraction of sp³-hybridized carbons (Fsp3) is 0.0417. The molecule has 0 aliphatic carbocycles. The maximum Gasteiger partial charge on any atom is 0.279 e. The lowest BCUT2D eigenvalue weighted by atomic mass is 10.2. The Labute approximate surface area is 218 Å². The minimum Gasteiger partial charge on any atom is -0.488 e. The van der Waals surface area contributed by atoms with Crippen LogP contribution in [-0.2, 0) is 11.4 Å². The van der Waals surface area contributed by atoms with Crippen LogP contribution >= 0.6 is 57.6 Å². The SMILES string of the molecule is O=C1NC(=NC(=O)c2ccccc2)S/C1=C\c1ccc(OCc2ccc(Cl)cc2Cl)c(I)c1. The van der Waals surface area contributed by atoms with Crippen LogP contribution in [0.3, 0.4) is 0 Å². The summed E-state index contributed by atoms with van der Waals surface area (Å²) in [5.41, 5.74) is 2.12. The fourth-order valence-electron chi connectivity index (χ4n) is 2.89. The van der Waals surface area contributed by atoms with Gasteiger partial charge in [-0.2, -0.15) is 4.99 Å². The summed E-state index contributed by atoms with van der Waals surface area (Å²) < 4.78 is 6.77. The van der Waals surface area contributed by atoms with Gasteiger partial charge in [0.1, 0.15) is 12.4 Å². The molecule has 0 saturated carbocycles. The van der Waals surface area contributed by atoms with Crippen LogP contribution in [0.1, 0.15) is 21.5 Å². The first-order chi connectivity index (χ1) is 15.9. The van der Waals surface area contributed by atoms with Crippen molar-refractivity contribution in [2.24, 2.45) is 4.99 Å². The first kappa shape index (κ1) is 23.8. The van der Waals surface area contributed by atoms with Crippen molar-refractivity contribution in [3.63, 3.8) is 0 Å². The molecule has 1 fully saturated rings. The van der Waals surface area contributed by atoms with Crippen LogP contribution in [0.15, 0.2) is 76.6 Å². The topological polar surface area (TPSA) is 67.8 Å². The van der Waals surface area contributed by atoms with Gasteiger partial charge >= 0.3 is 0 Å². The largest absolute Gasteiger partial charge is 0.488 e. The lowest BCUT2D eigenvalue weighted by molar-refractivity contribution is -0.115. The van der Waals surface area contributed by atoms with Gasteiger partial charge in [0.2, 0.25) is 0 Å². The van der Waals surface area contributed by atoms with Crippen molar-refractivity contribution in [1.82, 2.24) is 5.32 Å². The number of benzene rings is 3. The Morgan fingerprint density at radius 3 is 2.61 bits per heavy atom. The molecule has 33 heavy (non-hydrogen) atoms. The maximum atomic E-state index is 12.3. The molecular weight excluding hydrogens is 594 g/mol. The van der Waals surface area contributed by atoms with Gasteiger partial charge in [-0.05, 0) is 82.4 Å². The van der Waals surface area contributed by atoms with Gasteiger partial charge in [0.15, 0.2) is 5.17 Å². The predicted octanol–water partition coefficient (Wildman–Crippen LogP) is 6.58. The van der Waals surface area contributed by atoms with E-state index in [2.05, 4.69) is 32.9 Å². The number of aliphatic imine (C=N–C) groups is 1. The van der Waals surface area contributed by atoms with Crippen molar-refractivity contribution in [2.45, 2.75) is 6.61 Å². The smallest absolute Gasteiger partial charge is 0.279 e. The van der Waals surface area contributed by atoms with Gasteiger partial charge < -0.3 is 10.1 Å². The zero-order valence-electron chi connectivity index (χ0n) is 16.8. The first-order valence-electron chi connectivity index (χ1n) is 9.64. The van der Waals surface area contributed by atoms with Crippen LogP contribution in [0.5, 0.6) is 5.75 Å². The zero-order chi connectivity index (χ0) is 23.4. The third kappa shape index (κ3) is 6.17. The number of hydrogen-bond donors (Lipinski definition) is 1. The Morgan fingerprint density at radius 1 is 1.09 bits per heavy atom. The molecule has 0 radical (unpaired) electrons. The van der Waals surface area contributed by atoms with Crippen molar-refractivity contribution in [3.8, 4) is 5.75 Å². The summed E-state index contributed by atoms with van der Waals surface area (Å²) in [5, 5.41) is 4.01. The molecule has 1 heterocycles. The fourth-order valence-corrected chi connectivity index (χ4v) is 4.87. The molecule has 1 N–H and O–H groups in total. The van der Waals surface area contributed by atoms with E-state index in [9.17, 15) is 9.59 Å². The number of nitrogens with zero attached hydrogens (tertiary/aromatic N) is 1. The number of hydrogen-bond acceptors (Lipinski definition) is 4. The van der Waals surface area contributed by atoms with Gasteiger partial charge in [0.25, 0.3) is 11.8 Å². The molecule has 1 saturated heterocycles. The van der Waals surface area contributed by atoms with Gasteiger partial charge in [-0.3, -0.25) is 9.59 Å². The summed E-state index contributed by atoms with van der Waals surface area (Å²) in [6, 6.07) is 19.6. The molecule has 3 aromatic rings. The predicted molar refractivity (Wildman–Crippen MR) is 142 cm³/mol. The quantitative estimate of drug-likeness (QED) is 0.263. The molecule has 0 spiro atoms. The van der Waals surface area contributed by atoms with E-state index in [-0.39, 0.29) is 11.1 Å². The summed E-state index contributed by atoms with van der Waals surface area (Å²) in [6.07, 6.45) is 1.75. The average Bonchev–Trinajstić information content (AvgIpc) is 3.13. The Kier molecular flexibility index (Phi) is 7.75. The monoisotopic (exact) mass is 608 g/mol. The number of amides is 2. The van der Waals surface area contributed by atoms with Crippen LogP contribution in [0.4, 0.5) is 0 Å². The van der Waals surface area contributed by atoms with E-state index >= 15 is 0 Å². The minimum absolute atomic E-state index is 0.259. The van der Waals surface area contributed by atoms with Crippen molar-refractivity contribution in [2.75, 3.05) is 0 Å². The molecule has 2 amide bonds. The lowest BCUT2D eigenvalue weighted by Crippen LogP contribution is -2.20. The van der Waals surface area contributed by atoms with Crippen LogP contribution in [-0.4, -0.2) is 17.0 Å². The zero-order valence-corrected chi connectivity index (χ0v) is 21.3. The molecule has 4 rings (SSSR count). The Hall–Kier alpha value is -2.33. The Morgan fingerprint density at radius 2 is 1.88 bits per heavy atom. The summed E-state index contributed by atoms with van der Waals surface area (Å²) in [6.45, 7) is 0.306. The van der Waals surface area contributed by atoms with E-state index < -0.39 is 5.91 Å². The second-order valence-electron chi connectivity index (χ2n) is 6.87. The number of rotatable bonds is 5. The Balaban J connectivity index is 1.44. The highest BCUT2D eigenvalue weighted by Crippen LogP contribution is 2.30. The Bertz CT molecular complexity index is 1300. The van der Waals surface area contributed by atoms with Crippen molar-refractivity contribution < 1.29 is 14.3 Å². The molecule has 0 atom stereocenters. The van der Waals surface area contributed by atoms with E-state index in [1.807, 2.05) is 30.3 Å². The number of nitrogens with one attached hydrogen (secondary N) is 1. The number of ether oxygens (including phenoxy) is 1. The number of amidine groups is 1. The molecule has 0 unspecified atom stereocenters. The highest BCUT2D eigenvalue weighted by atomic mass is 127. The molecule has 0 bridgehead atoms. The van der Waals surface area contributed by atoms with Gasteiger partial charge in [0.05, 0.1) is 8.48 Å². The van der Waals surface area contributed by atoms with E-state index in [0.717, 1.165) is 26.5 Å². The first-order valence-corrected chi connectivity index (χ1v) is 12.3.